The molecule has 1 aromatic rings. The monoisotopic (exact) mass is 350 g/mol. The van der Waals surface area contributed by atoms with E-state index in [9.17, 15) is 14.4 Å². The van der Waals surface area contributed by atoms with Gasteiger partial charge in [-0.3, -0.25) is 9.59 Å². The van der Waals surface area contributed by atoms with Crippen LogP contribution in [-0.2, 0) is 16.1 Å². The Kier molecular flexibility index (Phi) is 6.61. The third-order valence-corrected chi connectivity index (χ3v) is 4.65. The molecule has 0 aliphatic heterocycles. The first-order valence-electron chi connectivity index (χ1n) is 8.70. The number of nitrogens with one attached hydrogen (secondary N) is 1. The lowest BCUT2D eigenvalue weighted by molar-refractivity contribution is -0.132. The molecule has 0 unspecified atom stereocenters. The second-order valence-corrected chi connectivity index (χ2v) is 6.72. The molecule has 1 saturated carbocycles. The molecule has 1 aliphatic rings. The maximum atomic E-state index is 12.1. The number of aryl methyl sites for hydroxylation is 1. The zero-order chi connectivity index (χ0) is 18.4. The molecule has 0 spiro atoms. The van der Waals surface area contributed by atoms with Gasteiger partial charge in [0.1, 0.15) is 17.1 Å². The highest BCUT2D eigenvalue weighted by Crippen LogP contribution is 2.26. The van der Waals surface area contributed by atoms with Crippen LogP contribution in [0.3, 0.4) is 0 Å². The molecule has 0 bridgehead atoms. The fourth-order valence-corrected chi connectivity index (χ4v) is 3.19. The van der Waals surface area contributed by atoms with E-state index in [-0.39, 0.29) is 30.5 Å². The van der Waals surface area contributed by atoms with Gasteiger partial charge < -0.3 is 19.7 Å². The molecule has 2 N–H and O–H groups in total. The lowest BCUT2D eigenvalue weighted by Gasteiger charge is -2.21. The smallest absolute Gasteiger partial charge is 0.339 e. The third kappa shape index (κ3) is 5.62. The average molecular weight is 350 g/mol. The quantitative estimate of drug-likeness (QED) is 0.786. The van der Waals surface area contributed by atoms with Crippen LogP contribution in [0.25, 0.3) is 0 Å². The standard InChI is InChI=1S/C18H26N2O5/c1-12-15(18(23)24)9-14(25-12)11-20(2)17(22)10-19-16(21)8-13-6-4-3-5-7-13/h9,13H,3-8,10-11H2,1-2H3,(H,19,21)(H,23,24). The van der Waals surface area contributed by atoms with Crippen LogP contribution in [0.15, 0.2) is 10.5 Å². The Morgan fingerprint density at radius 1 is 1.28 bits per heavy atom. The second kappa shape index (κ2) is 8.69. The van der Waals surface area contributed by atoms with Gasteiger partial charge >= 0.3 is 5.97 Å². The van der Waals surface area contributed by atoms with Crippen molar-refractivity contribution in [2.75, 3.05) is 13.6 Å². The number of nitrogens with zero attached hydrogens (tertiary/aromatic N) is 1. The van der Waals surface area contributed by atoms with E-state index in [0.29, 0.717) is 23.9 Å². The van der Waals surface area contributed by atoms with Crippen molar-refractivity contribution in [2.24, 2.45) is 5.92 Å². The van der Waals surface area contributed by atoms with Crippen molar-refractivity contribution in [3.8, 4) is 0 Å². The zero-order valence-corrected chi connectivity index (χ0v) is 14.8. The van der Waals surface area contributed by atoms with E-state index >= 15 is 0 Å². The maximum Gasteiger partial charge on any atom is 0.339 e. The number of aromatic carboxylic acids is 1. The predicted octanol–water partition coefficient (Wildman–Crippen LogP) is 2.33. The molecule has 1 aliphatic carbocycles. The Bertz CT molecular complexity index is 631. The molecule has 25 heavy (non-hydrogen) atoms. The lowest BCUT2D eigenvalue weighted by Crippen LogP contribution is -2.38. The van der Waals surface area contributed by atoms with Gasteiger partial charge in [0.15, 0.2) is 0 Å². The van der Waals surface area contributed by atoms with E-state index in [0.717, 1.165) is 12.8 Å². The van der Waals surface area contributed by atoms with Crippen molar-refractivity contribution in [2.45, 2.75) is 52.0 Å². The van der Waals surface area contributed by atoms with Crippen molar-refractivity contribution in [1.29, 1.82) is 0 Å². The highest BCUT2D eigenvalue weighted by molar-refractivity contribution is 5.89. The average Bonchev–Trinajstić information content (AvgIpc) is 2.94. The van der Waals surface area contributed by atoms with Gasteiger partial charge in [0, 0.05) is 13.5 Å². The Morgan fingerprint density at radius 3 is 2.56 bits per heavy atom. The van der Waals surface area contributed by atoms with Gasteiger partial charge in [0.05, 0.1) is 13.1 Å². The summed E-state index contributed by atoms with van der Waals surface area (Å²) in [6, 6.07) is 1.42. The zero-order valence-electron chi connectivity index (χ0n) is 14.8. The van der Waals surface area contributed by atoms with Gasteiger partial charge in [-0.1, -0.05) is 19.3 Å². The molecule has 0 radical (unpaired) electrons. The SMILES string of the molecule is Cc1oc(CN(C)C(=O)CNC(=O)CC2CCCCC2)cc1C(=O)O. The third-order valence-electron chi connectivity index (χ3n) is 4.65. The Labute approximate surface area is 147 Å². The van der Waals surface area contributed by atoms with E-state index in [1.807, 2.05) is 0 Å². The summed E-state index contributed by atoms with van der Waals surface area (Å²) in [6.07, 6.45) is 6.27. The second-order valence-electron chi connectivity index (χ2n) is 6.72. The van der Waals surface area contributed by atoms with Crippen LogP contribution in [0.4, 0.5) is 0 Å². The number of likely N-dealkylation sites (N-methyl/N-ethyl adjacent to an activating group) is 1. The normalized spacial score (nSPS) is 15.0. The number of carboxylic acid groups (broad SMARTS) is 1. The largest absolute Gasteiger partial charge is 0.478 e. The number of carbonyl (C=O) groups excluding carboxylic acids is 2. The predicted molar refractivity (Wildman–Crippen MR) is 91.1 cm³/mol. The van der Waals surface area contributed by atoms with Crippen LogP contribution in [0.1, 0.15) is 60.4 Å². The summed E-state index contributed by atoms with van der Waals surface area (Å²) in [4.78, 5) is 36.5. The van der Waals surface area contributed by atoms with E-state index in [2.05, 4.69) is 5.32 Å². The van der Waals surface area contributed by atoms with Gasteiger partial charge in [-0.25, -0.2) is 4.79 Å². The molecule has 1 fully saturated rings. The Hall–Kier alpha value is -2.31. The van der Waals surface area contributed by atoms with Gasteiger partial charge in [-0.05, 0) is 31.7 Å². The van der Waals surface area contributed by atoms with Crippen LogP contribution in [0.5, 0.6) is 0 Å². The van der Waals surface area contributed by atoms with Crippen LogP contribution in [-0.4, -0.2) is 41.4 Å². The van der Waals surface area contributed by atoms with Crippen molar-refractivity contribution >= 4 is 17.8 Å². The topological polar surface area (TPSA) is 99.9 Å². The minimum absolute atomic E-state index is 0.0620. The van der Waals surface area contributed by atoms with E-state index < -0.39 is 5.97 Å². The Morgan fingerprint density at radius 2 is 1.96 bits per heavy atom. The number of hydrogen-bond donors (Lipinski definition) is 2. The first-order chi connectivity index (χ1) is 11.9. The number of amides is 2. The lowest BCUT2D eigenvalue weighted by atomic mass is 9.87. The first kappa shape index (κ1) is 19.0. The minimum atomic E-state index is -1.06. The molecular formula is C18H26N2O5. The summed E-state index contributed by atoms with van der Waals surface area (Å²) in [5.74, 6) is -0.249. The van der Waals surface area contributed by atoms with Gasteiger partial charge in [-0.15, -0.1) is 0 Å². The van der Waals surface area contributed by atoms with Crippen molar-refractivity contribution in [3.63, 3.8) is 0 Å². The fourth-order valence-electron chi connectivity index (χ4n) is 3.19. The molecule has 7 heteroatoms. The molecule has 7 nitrogen and oxygen atoms in total. The molecule has 0 saturated heterocycles. The fraction of sp³-hybridized carbons (Fsp3) is 0.611. The summed E-state index contributed by atoms with van der Waals surface area (Å²) in [5.41, 5.74) is 0.0941. The molecule has 2 rings (SSSR count). The number of rotatable bonds is 7. The summed E-state index contributed by atoms with van der Waals surface area (Å²) in [6.45, 7) is 1.67. The molecular weight excluding hydrogens is 324 g/mol. The molecule has 0 atom stereocenters. The first-order valence-corrected chi connectivity index (χ1v) is 8.70. The summed E-state index contributed by atoms with van der Waals surface area (Å²) in [5, 5.41) is 11.7. The van der Waals surface area contributed by atoms with Gasteiger partial charge in [-0.2, -0.15) is 0 Å². The molecule has 1 aromatic heterocycles. The summed E-state index contributed by atoms with van der Waals surface area (Å²) >= 11 is 0. The molecule has 1 heterocycles. The van der Waals surface area contributed by atoms with E-state index in [4.69, 9.17) is 9.52 Å². The van der Waals surface area contributed by atoms with Crippen LogP contribution < -0.4 is 5.32 Å². The number of carboxylic acids is 1. The number of hydrogen-bond acceptors (Lipinski definition) is 4. The van der Waals surface area contributed by atoms with Crippen LogP contribution in [0.2, 0.25) is 0 Å². The van der Waals surface area contributed by atoms with E-state index in [1.165, 1.54) is 30.2 Å². The molecule has 138 valence electrons. The van der Waals surface area contributed by atoms with Crippen LogP contribution >= 0.6 is 0 Å². The summed E-state index contributed by atoms with van der Waals surface area (Å²) in [7, 11) is 1.59. The van der Waals surface area contributed by atoms with Crippen LogP contribution in [0, 0.1) is 12.8 Å². The molecule has 2 amide bonds. The van der Waals surface area contributed by atoms with Gasteiger partial charge in [0.25, 0.3) is 0 Å². The minimum Gasteiger partial charge on any atom is -0.478 e. The van der Waals surface area contributed by atoms with Crippen molar-refractivity contribution in [1.82, 2.24) is 10.2 Å². The maximum absolute atomic E-state index is 12.1. The Balaban J connectivity index is 1.76. The van der Waals surface area contributed by atoms with Crippen molar-refractivity contribution < 1.29 is 23.9 Å². The molecule has 0 aromatic carbocycles. The van der Waals surface area contributed by atoms with Crippen molar-refractivity contribution in [3.05, 3.63) is 23.2 Å². The highest BCUT2D eigenvalue weighted by atomic mass is 16.4. The number of carbonyl (C=O) groups is 3. The highest BCUT2D eigenvalue weighted by Gasteiger charge is 2.19. The summed E-state index contributed by atoms with van der Waals surface area (Å²) < 4.78 is 5.36. The van der Waals surface area contributed by atoms with Gasteiger partial charge in [0.2, 0.25) is 11.8 Å². The number of furan rings is 1. The van der Waals surface area contributed by atoms with E-state index in [1.54, 1.807) is 14.0 Å².